The van der Waals surface area contributed by atoms with E-state index >= 15 is 0 Å². The summed E-state index contributed by atoms with van der Waals surface area (Å²) >= 11 is 0. The SMILES string of the molecule is Cc1nn(C(C)(C)C)cc1[C@@H](C)NC(=O)c1ccc(O)cc1F. The molecule has 1 aromatic carbocycles. The van der Waals surface area contributed by atoms with E-state index in [-0.39, 0.29) is 22.9 Å². The van der Waals surface area contributed by atoms with Crippen molar-refractivity contribution >= 4 is 5.91 Å². The lowest BCUT2D eigenvalue weighted by atomic mass is 10.1. The number of nitrogens with one attached hydrogen (secondary N) is 1. The van der Waals surface area contributed by atoms with Gasteiger partial charge in [0.25, 0.3) is 5.91 Å². The highest BCUT2D eigenvalue weighted by Crippen LogP contribution is 2.22. The van der Waals surface area contributed by atoms with Gasteiger partial charge in [-0.3, -0.25) is 9.48 Å². The summed E-state index contributed by atoms with van der Waals surface area (Å²) in [5.74, 6) is -1.50. The van der Waals surface area contributed by atoms with E-state index in [4.69, 9.17) is 0 Å². The summed E-state index contributed by atoms with van der Waals surface area (Å²) in [6.07, 6.45) is 1.90. The molecule has 0 radical (unpaired) electrons. The Balaban J connectivity index is 2.20. The number of benzene rings is 1. The summed E-state index contributed by atoms with van der Waals surface area (Å²) in [5.41, 5.74) is 1.44. The van der Waals surface area contributed by atoms with Crippen molar-refractivity contribution in [3.05, 3.63) is 47.0 Å². The zero-order valence-corrected chi connectivity index (χ0v) is 14.0. The Bertz CT molecular complexity index is 732. The maximum absolute atomic E-state index is 13.8. The van der Waals surface area contributed by atoms with Gasteiger partial charge in [0.15, 0.2) is 0 Å². The summed E-state index contributed by atoms with van der Waals surface area (Å²) in [5, 5.41) is 16.4. The first kappa shape index (κ1) is 17.0. The number of aryl methyl sites for hydroxylation is 1. The standard InChI is InChI=1S/C17H22FN3O2/c1-10(14-9-21(17(3,4)5)20-11(14)2)19-16(23)13-7-6-12(22)8-15(13)18/h6-10,22H,1-5H3,(H,19,23)/t10-/m1/s1. The fourth-order valence-corrected chi connectivity index (χ4v) is 2.28. The monoisotopic (exact) mass is 319 g/mol. The number of carbonyl (C=O) groups is 1. The third kappa shape index (κ3) is 3.70. The minimum atomic E-state index is -0.753. The molecule has 1 aromatic heterocycles. The summed E-state index contributed by atoms with van der Waals surface area (Å²) in [7, 11) is 0. The van der Waals surface area contributed by atoms with Gasteiger partial charge < -0.3 is 10.4 Å². The molecule has 0 aliphatic rings. The fraction of sp³-hybridized carbons (Fsp3) is 0.412. The molecule has 0 spiro atoms. The molecule has 0 saturated heterocycles. The Hall–Kier alpha value is -2.37. The van der Waals surface area contributed by atoms with E-state index in [0.717, 1.165) is 17.3 Å². The molecule has 124 valence electrons. The predicted molar refractivity (Wildman–Crippen MR) is 85.9 cm³/mol. The summed E-state index contributed by atoms with van der Waals surface area (Å²) in [4.78, 5) is 12.2. The van der Waals surface area contributed by atoms with Crippen LogP contribution in [0.3, 0.4) is 0 Å². The number of amides is 1. The Kier molecular flexibility index (Phi) is 4.45. The third-order valence-corrected chi connectivity index (χ3v) is 3.64. The highest BCUT2D eigenvalue weighted by atomic mass is 19.1. The van der Waals surface area contributed by atoms with Crippen LogP contribution >= 0.6 is 0 Å². The molecule has 2 rings (SSSR count). The van der Waals surface area contributed by atoms with Crippen LogP contribution in [0, 0.1) is 12.7 Å². The highest BCUT2D eigenvalue weighted by Gasteiger charge is 2.21. The molecule has 0 aliphatic carbocycles. The second-order valence-electron chi connectivity index (χ2n) is 6.64. The van der Waals surface area contributed by atoms with Crippen LogP contribution in [0.1, 0.15) is 55.4 Å². The molecule has 1 amide bonds. The van der Waals surface area contributed by atoms with Gasteiger partial charge in [0, 0.05) is 17.8 Å². The van der Waals surface area contributed by atoms with E-state index in [1.807, 2.05) is 45.5 Å². The zero-order valence-electron chi connectivity index (χ0n) is 14.0. The van der Waals surface area contributed by atoms with Crippen LogP contribution in [0.15, 0.2) is 24.4 Å². The highest BCUT2D eigenvalue weighted by molar-refractivity contribution is 5.94. The molecule has 1 heterocycles. The van der Waals surface area contributed by atoms with Gasteiger partial charge in [0.05, 0.1) is 22.8 Å². The predicted octanol–water partition coefficient (Wildman–Crippen LogP) is 3.28. The number of halogens is 1. The average molecular weight is 319 g/mol. The first-order valence-electron chi connectivity index (χ1n) is 7.45. The van der Waals surface area contributed by atoms with Crippen LogP contribution in [-0.4, -0.2) is 20.8 Å². The average Bonchev–Trinajstić information content (AvgIpc) is 2.80. The molecular weight excluding hydrogens is 297 g/mol. The summed E-state index contributed by atoms with van der Waals surface area (Å²) in [6, 6.07) is 3.15. The first-order chi connectivity index (χ1) is 10.6. The second-order valence-corrected chi connectivity index (χ2v) is 6.64. The number of aromatic hydroxyl groups is 1. The van der Waals surface area contributed by atoms with Crippen molar-refractivity contribution in [1.29, 1.82) is 0 Å². The van der Waals surface area contributed by atoms with Gasteiger partial charge in [-0.15, -0.1) is 0 Å². The van der Waals surface area contributed by atoms with Crippen LogP contribution in [0.5, 0.6) is 5.75 Å². The van der Waals surface area contributed by atoms with E-state index in [2.05, 4.69) is 10.4 Å². The molecule has 0 fully saturated rings. The molecule has 1 atom stereocenters. The quantitative estimate of drug-likeness (QED) is 0.912. The van der Waals surface area contributed by atoms with Crippen molar-refractivity contribution in [2.24, 2.45) is 0 Å². The number of phenolic OH excluding ortho intramolecular Hbond substituents is 1. The molecule has 5 nitrogen and oxygen atoms in total. The Morgan fingerprint density at radius 3 is 2.57 bits per heavy atom. The third-order valence-electron chi connectivity index (χ3n) is 3.64. The number of nitrogens with zero attached hydrogens (tertiary/aromatic N) is 2. The van der Waals surface area contributed by atoms with Gasteiger partial charge in [0.1, 0.15) is 11.6 Å². The molecule has 0 aliphatic heterocycles. The maximum atomic E-state index is 13.8. The zero-order chi connectivity index (χ0) is 17.4. The number of phenols is 1. The smallest absolute Gasteiger partial charge is 0.254 e. The van der Waals surface area contributed by atoms with Crippen LogP contribution in [0.25, 0.3) is 0 Å². The first-order valence-corrected chi connectivity index (χ1v) is 7.45. The number of carbonyl (C=O) groups excluding carboxylic acids is 1. The van der Waals surface area contributed by atoms with Crippen molar-refractivity contribution in [1.82, 2.24) is 15.1 Å². The molecule has 23 heavy (non-hydrogen) atoms. The van der Waals surface area contributed by atoms with Gasteiger partial charge >= 0.3 is 0 Å². The van der Waals surface area contributed by atoms with Gasteiger partial charge in [-0.1, -0.05) is 0 Å². The van der Waals surface area contributed by atoms with E-state index in [1.54, 1.807) is 0 Å². The molecule has 6 heteroatoms. The Morgan fingerprint density at radius 2 is 2.04 bits per heavy atom. The van der Waals surface area contributed by atoms with Gasteiger partial charge in [-0.05, 0) is 46.8 Å². The second kappa shape index (κ2) is 6.02. The lowest BCUT2D eigenvalue weighted by Crippen LogP contribution is -2.27. The normalized spacial score (nSPS) is 13.0. The number of hydrogen-bond donors (Lipinski definition) is 2. The van der Waals surface area contributed by atoms with E-state index < -0.39 is 11.7 Å². The minimum absolute atomic E-state index is 0.101. The molecule has 2 aromatic rings. The van der Waals surface area contributed by atoms with Crippen LogP contribution in [-0.2, 0) is 5.54 Å². The minimum Gasteiger partial charge on any atom is -0.508 e. The summed E-state index contributed by atoms with van der Waals surface area (Å²) < 4.78 is 15.6. The number of hydrogen-bond acceptors (Lipinski definition) is 3. The fourth-order valence-electron chi connectivity index (χ4n) is 2.28. The van der Waals surface area contributed by atoms with Crippen LogP contribution < -0.4 is 5.32 Å². The molecule has 2 N–H and O–H groups in total. The molecule has 0 saturated carbocycles. The Labute approximate surface area is 135 Å². The lowest BCUT2D eigenvalue weighted by Gasteiger charge is -2.19. The van der Waals surface area contributed by atoms with Gasteiger partial charge in [0.2, 0.25) is 0 Å². The molecular formula is C17H22FN3O2. The Morgan fingerprint density at radius 1 is 1.39 bits per heavy atom. The van der Waals surface area contributed by atoms with E-state index in [1.165, 1.54) is 12.1 Å². The lowest BCUT2D eigenvalue weighted by molar-refractivity contribution is 0.0935. The largest absolute Gasteiger partial charge is 0.508 e. The van der Waals surface area contributed by atoms with Crippen molar-refractivity contribution in [3.63, 3.8) is 0 Å². The number of aromatic nitrogens is 2. The van der Waals surface area contributed by atoms with Crippen molar-refractivity contribution in [2.75, 3.05) is 0 Å². The summed E-state index contributed by atoms with van der Waals surface area (Å²) in [6.45, 7) is 9.82. The van der Waals surface area contributed by atoms with E-state index in [0.29, 0.717) is 0 Å². The van der Waals surface area contributed by atoms with Gasteiger partial charge in [-0.25, -0.2) is 4.39 Å². The molecule has 0 bridgehead atoms. The number of rotatable bonds is 3. The molecule has 0 unspecified atom stereocenters. The van der Waals surface area contributed by atoms with Gasteiger partial charge in [-0.2, -0.15) is 5.10 Å². The van der Waals surface area contributed by atoms with Crippen LogP contribution in [0.4, 0.5) is 4.39 Å². The maximum Gasteiger partial charge on any atom is 0.254 e. The van der Waals surface area contributed by atoms with Crippen molar-refractivity contribution in [3.8, 4) is 5.75 Å². The van der Waals surface area contributed by atoms with E-state index in [9.17, 15) is 14.3 Å². The van der Waals surface area contributed by atoms with Crippen molar-refractivity contribution < 1.29 is 14.3 Å². The van der Waals surface area contributed by atoms with Crippen LogP contribution in [0.2, 0.25) is 0 Å². The van der Waals surface area contributed by atoms with Crippen molar-refractivity contribution in [2.45, 2.75) is 46.2 Å². The topological polar surface area (TPSA) is 67.2 Å².